The highest BCUT2D eigenvalue weighted by Crippen LogP contribution is 2.14. The van der Waals surface area contributed by atoms with E-state index in [0.29, 0.717) is 17.8 Å². The van der Waals surface area contributed by atoms with Crippen molar-refractivity contribution >= 4 is 34.5 Å². The number of amides is 2. The van der Waals surface area contributed by atoms with Gasteiger partial charge in [-0.15, -0.1) is 0 Å². The van der Waals surface area contributed by atoms with Gasteiger partial charge in [-0.05, 0) is 48.6 Å². The first-order valence-electron chi connectivity index (χ1n) is 10.7. The molecule has 2 N–H and O–H groups in total. The van der Waals surface area contributed by atoms with Crippen molar-refractivity contribution in [1.29, 1.82) is 0 Å². The standard InChI is InChI=1S/C25H26N4O3/c30-24(12-11-21-8-5-19-3-1-2-4-23(19)27-21)20-6-9-22(10-7-20)28-25(31)26-13-14-29-15-17-32-18-16-29/h1-12H,13-18H2,(H2,26,28,31). The molecule has 2 amide bonds. The second-order valence-electron chi connectivity index (χ2n) is 7.54. The second kappa shape index (κ2) is 10.7. The van der Waals surface area contributed by atoms with E-state index >= 15 is 0 Å². The molecule has 7 heteroatoms. The summed E-state index contributed by atoms with van der Waals surface area (Å²) >= 11 is 0. The van der Waals surface area contributed by atoms with Crippen molar-refractivity contribution < 1.29 is 14.3 Å². The van der Waals surface area contributed by atoms with Crippen LogP contribution in [0.5, 0.6) is 0 Å². The average Bonchev–Trinajstić information content (AvgIpc) is 2.83. The predicted octanol–water partition coefficient (Wildman–Crippen LogP) is 3.58. The van der Waals surface area contributed by atoms with Crippen molar-refractivity contribution in [2.75, 3.05) is 44.7 Å². The molecule has 32 heavy (non-hydrogen) atoms. The van der Waals surface area contributed by atoms with Crippen LogP contribution in [0.1, 0.15) is 16.1 Å². The summed E-state index contributed by atoms with van der Waals surface area (Å²) in [5.41, 5.74) is 2.79. The highest BCUT2D eigenvalue weighted by Gasteiger charge is 2.10. The second-order valence-corrected chi connectivity index (χ2v) is 7.54. The lowest BCUT2D eigenvalue weighted by atomic mass is 10.1. The van der Waals surface area contributed by atoms with Gasteiger partial charge in [0.1, 0.15) is 0 Å². The van der Waals surface area contributed by atoms with Gasteiger partial charge in [0, 0.05) is 42.8 Å². The molecule has 4 rings (SSSR count). The maximum Gasteiger partial charge on any atom is 0.319 e. The van der Waals surface area contributed by atoms with Gasteiger partial charge in [0.2, 0.25) is 0 Å². The number of para-hydroxylation sites is 1. The maximum atomic E-state index is 12.5. The minimum atomic E-state index is -0.264. The highest BCUT2D eigenvalue weighted by molar-refractivity contribution is 6.07. The molecule has 1 aliphatic heterocycles. The number of ketones is 1. The summed E-state index contributed by atoms with van der Waals surface area (Å²) in [6.45, 7) is 4.63. The molecule has 0 unspecified atom stereocenters. The van der Waals surface area contributed by atoms with Gasteiger partial charge in [0.25, 0.3) is 0 Å². The minimum Gasteiger partial charge on any atom is -0.379 e. The SMILES string of the molecule is O=C(NCCN1CCOCC1)Nc1ccc(C(=O)C=Cc2ccc3ccccc3n2)cc1. The summed E-state index contributed by atoms with van der Waals surface area (Å²) in [4.78, 5) is 31.3. The van der Waals surface area contributed by atoms with Crippen LogP contribution in [0.3, 0.4) is 0 Å². The summed E-state index contributed by atoms with van der Waals surface area (Å²) in [6.07, 6.45) is 3.22. The van der Waals surface area contributed by atoms with Crippen LogP contribution in [-0.2, 0) is 4.74 Å². The molecule has 0 spiro atoms. The summed E-state index contributed by atoms with van der Waals surface area (Å²) in [5.74, 6) is -0.124. The molecule has 0 bridgehead atoms. The summed E-state index contributed by atoms with van der Waals surface area (Å²) < 4.78 is 5.31. The van der Waals surface area contributed by atoms with Gasteiger partial charge in [-0.25, -0.2) is 9.78 Å². The number of nitrogens with one attached hydrogen (secondary N) is 2. The Labute approximate surface area is 187 Å². The number of anilines is 1. The van der Waals surface area contributed by atoms with Gasteiger partial charge in [-0.2, -0.15) is 0 Å². The third kappa shape index (κ3) is 6.00. The zero-order chi connectivity index (χ0) is 22.2. The largest absolute Gasteiger partial charge is 0.379 e. The van der Waals surface area contributed by atoms with E-state index in [0.717, 1.165) is 49.4 Å². The highest BCUT2D eigenvalue weighted by atomic mass is 16.5. The number of pyridine rings is 1. The molecule has 0 saturated carbocycles. The van der Waals surface area contributed by atoms with Gasteiger partial charge >= 0.3 is 6.03 Å². The molecule has 0 aliphatic carbocycles. The van der Waals surface area contributed by atoms with Crippen LogP contribution in [0.2, 0.25) is 0 Å². The van der Waals surface area contributed by atoms with E-state index in [1.807, 2.05) is 36.4 Å². The number of morpholine rings is 1. The molecule has 1 aliphatic rings. The number of aromatic nitrogens is 1. The van der Waals surface area contributed by atoms with E-state index in [4.69, 9.17) is 4.74 Å². The molecule has 1 saturated heterocycles. The number of allylic oxidation sites excluding steroid dienone is 1. The number of carbonyl (C=O) groups excluding carboxylic acids is 2. The van der Waals surface area contributed by atoms with Crippen LogP contribution in [0.15, 0.2) is 66.7 Å². The first-order valence-corrected chi connectivity index (χ1v) is 10.7. The number of fused-ring (bicyclic) bond motifs is 1. The van der Waals surface area contributed by atoms with E-state index in [2.05, 4.69) is 20.5 Å². The van der Waals surface area contributed by atoms with Crippen molar-refractivity contribution in [3.8, 4) is 0 Å². The first-order chi connectivity index (χ1) is 15.7. The number of hydrogen-bond acceptors (Lipinski definition) is 5. The third-order valence-corrected chi connectivity index (χ3v) is 5.27. The molecular weight excluding hydrogens is 404 g/mol. The fourth-order valence-corrected chi connectivity index (χ4v) is 3.48. The lowest BCUT2D eigenvalue weighted by Gasteiger charge is -2.26. The molecule has 1 fully saturated rings. The van der Waals surface area contributed by atoms with Crippen LogP contribution in [0, 0.1) is 0 Å². The van der Waals surface area contributed by atoms with E-state index in [1.54, 1.807) is 30.3 Å². The molecule has 2 heterocycles. The van der Waals surface area contributed by atoms with E-state index in [9.17, 15) is 9.59 Å². The number of rotatable bonds is 7. The fraction of sp³-hybridized carbons (Fsp3) is 0.240. The van der Waals surface area contributed by atoms with Crippen molar-refractivity contribution in [2.24, 2.45) is 0 Å². The van der Waals surface area contributed by atoms with Gasteiger partial charge in [0.15, 0.2) is 5.78 Å². The molecule has 2 aromatic carbocycles. The predicted molar refractivity (Wildman–Crippen MR) is 126 cm³/mol. The zero-order valence-corrected chi connectivity index (χ0v) is 17.8. The Morgan fingerprint density at radius 3 is 2.59 bits per heavy atom. The zero-order valence-electron chi connectivity index (χ0n) is 17.8. The van der Waals surface area contributed by atoms with Crippen molar-refractivity contribution in [1.82, 2.24) is 15.2 Å². The van der Waals surface area contributed by atoms with Crippen molar-refractivity contribution in [2.45, 2.75) is 0 Å². The fourth-order valence-electron chi connectivity index (χ4n) is 3.48. The monoisotopic (exact) mass is 430 g/mol. The Morgan fingerprint density at radius 1 is 1.00 bits per heavy atom. The first kappa shape index (κ1) is 21.7. The number of benzene rings is 2. The van der Waals surface area contributed by atoms with Crippen molar-refractivity contribution in [3.63, 3.8) is 0 Å². The molecule has 7 nitrogen and oxygen atoms in total. The lowest BCUT2D eigenvalue weighted by Crippen LogP contribution is -2.42. The normalized spacial score (nSPS) is 14.5. The van der Waals surface area contributed by atoms with Gasteiger partial charge in [-0.3, -0.25) is 9.69 Å². The van der Waals surface area contributed by atoms with Crippen LogP contribution >= 0.6 is 0 Å². The molecule has 1 aromatic heterocycles. The van der Waals surface area contributed by atoms with E-state index < -0.39 is 0 Å². The van der Waals surface area contributed by atoms with Crippen LogP contribution in [-0.4, -0.2) is 61.1 Å². The summed E-state index contributed by atoms with van der Waals surface area (Å²) in [7, 11) is 0. The third-order valence-electron chi connectivity index (χ3n) is 5.27. The average molecular weight is 431 g/mol. The van der Waals surface area contributed by atoms with Crippen LogP contribution in [0.25, 0.3) is 17.0 Å². The summed E-state index contributed by atoms with van der Waals surface area (Å²) in [5, 5.41) is 6.70. The van der Waals surface area contributed by atoms with Gasteiger partial charge < -0.3 is 15.4 Å². The Hall–Kier alpha value is -3.55. The Morgan fingerprint density at radius 2 is 1.78 bits per heavy atom. The number of hydrogen-bond donors (Lipinski definition) is 2. The van der Waals surface area contributed by atoms with E-state index in [-0.39, 0.29) is 11.8 Å². The molecule has 0 radical (unpaired) electrons. The van der Waals surface area contributed by atoms with Crippen LogP contribution < -0.4 is 10.6 Å². The Kier molecular flexibility index (Phi) is 7.22. The van der Waals surface area contributed by atoms with Gasteiger partial charge in [0.05, 0.1) is 24.4 Å². The Balaban J connectivity index is 1.27. The quantitative estimate of drug-likeness (QED) is 0.442. The topological polar surface area (TPSA) is 83.6 Å². The molecular formula is C25H26N4O3. The van der Waals surface area contributed by atoms with Gasteiger partial charge in [-0.1, -0.05) is 24.3 Å². The minimum absolute atomic E-state index is 0.124. The smallest absolute Gasteiger partial charge is 0.319 e. The van der Waals surface area contributed by atoms with Crippen LogP contribution in [0.4, 0.5) is 10.5 Å². The van der Waals surface area contributed by atoms with Crippen molar-refractivity contribution in [3.05, 3.63) is 78.0 Å². The number of nitrogens with zero attached hydrogens (tertiary/aromatic N) is 2. The molecule has 3 aromatic rings. The molecule has 164 valence electrons. The lowest BCUT2D eigenvalue weighted by molar-refractivity contribution is 0.0388. The number of carbonyl (C=O) groups is 2. The number of urea groups is 1. The molecule has 0 atom stereocenters. The number of ether oxygens (including phenoxy) is 1. The van der Waals surface area contributed by atoms with E-state index in [1.165, 1.54) is 6.08 Å². The maximum absolute atomic E-state index is 12.5. The Bertz CT molecular complexity index is 1110. The summed E-state index contributed by atoms with van der Waals surface area (Å²) in [6, 6.07) is 18.3.